The third-order valence-corrected chi connectivity index (χ3v) is 1.87. The standard InChI is InChI=1S/C8H15N3O/c1-3-5-11-8(12)7(9)6(4-2)10-11/h10H,3-5,9H2,1-2H3. The average molecular weight is 169 g/mol. The van der Waals surface area contributed by atoms with Gasteiger partial charge in [0.15, 0.2) is 0 Å². The molecule has 68 valence electrons. The number of hydrogen-bond donors (Lipinski definition) is 2. The number of aromatic nitrogens is 2. The quantitative estimate of drug-likeness (QED) is 0.700. The van der Waals surface area contributed by atoms with Crippen LogP contribution in [-0.4, -0.2) is 9.78 Å². The maximum Gasteiger partial charge on any atom is 0.289 e. The first-order valence-corrected chi connectivity index (χ1v) is 4.27. The van der Waals surface area contributed by atoms with Crippen molar-refractivity contribution in [3.05, 3.63) is 16.0 Å². The molecule has 0 unspecified atom stereocenters. The van der Waals surface area contributed by atoms with Crippen molar-refractivity contribution in [3.63, 3.8) is 0 Å². The maximum atomic E-state index is 11.3. The van der Waals surface area contributed by atoms with Crippen molar-refractivity contribution in [3.8, 4) is 0 Å². The van der Waals surface area contributed by atoms with Crippen LogP contribution >= 0.6 is 0 Å². The molecule has 0 aromatic carbocycles. The van der Waals surface area contributed by atoms with Crippen LogP contribution in [0.15, 0.2) is 4.79 Å². The lowest BCUT2D eigenvalue weighted by atomic mass is 10.3. The molecule has 4 nitrogen and oxygen atoms in total. The van der Waals surface area contributed by atoms with E-state index in [4.69, 9.17) is 5.73 Å². The normalized spacial score (nSPS) is 10.5. The molecule has 0 aliphatic heterocycles. The Kier molecular flexibility index (Phi) is 2.58. The molecule has 0 radical (unpaired) electrons. The molecule has 1 aromatic heterocycles. The fourth-order valence-corrected chi connectivity index (χ4v) is 1.20. The minimum absolute atomic E-state index is 0.0892. The van der Waals surface area contributed by atoms with Gasteiger partial charge in [0.25, 0.3) is 5.56 Å². The zero-order chi connectivity index (χ0) is 9.14. The van der Waals surface area contributed by atoms with E-state index in [1.165, 1.54) is 0 Å². The fourth-order valence-electron chi connectivity index (χ4n) is 1.20. The molecule has 0 atom stereocenters. The number of anilines is 1. The monoisotopic (exact) mass is 169 g/mol. The Morgan fingerprint density at radius 2 is 2.17 bits per heavy atom. The first kappa shape index (κ1) is 8.90. The highest BCUT2D eigenvalue weighted by Gasteiger charge is 2.07. The van der Waals surface area contributed by atoms with E-state index < -0.39 is 0 Å². The largest absolute Gasteiger partial charge is 0.393 e. The van der Waals surface area contributed by atoms with Crippen LogP contribution in [0, 0.1) is 0 Å². The van der Waals surface area contributed by atoms with Crippen molar-refractivity contribution in [2.45, 2.75) is 33.2 Å². The Morgan fingerprint density at radius 1 is 1.50 bits per heavy atom. The molecule has 0 saturated heterocycles. The molecule has 0 bridgehead atoms. The lowest BCUT2D eigenvalue weighted by Crippen LogP contribution is -2.18. The van der Waals surface area contributed by atoms with Crippen molar-refractivity contribution < 1.29 is 0 Å². The SMILES string of the molecule is CCCn1[nH]c(CC)c(N)c1=O. The van der Waals surface area contributed by atoms with Gasteiger partial charge in [0.05, 0.1) is 5.69 Å². The molecular weight excluding hydrogens is 154 g/mol. The number of rotatable bonds is 3. The third-order valence-electron chi connectivity index (χ3n) is 1.87. The van der Waals surface area contributed by atoms with Gasteiger partial charge in [-0.25, -0.2) is 0 Å². The van der Waals surface area contributed by atoms with Crippen LogP contribution in [0.2, 0.25) is 0 Å². The summed E-state index contributed by atoms with van der Waals surface area (Å²) in [6.45, 7) is 4.70. The Labute approximate surface area is 71.4 Å². The Morgan fingerprint density at radius 3 is 2.58 bits per heavy atom. The van der Waals surface area contributed by atoms with Gasteiger partial charge in [-0.1, -0.05) is 13.8 Å². The fraction of sp³-hybridized carbons (Fsp3) is 0.625. The van der Waals surface area contributed by atoms with Crippen LogP contribution in [0.5, 0.6) is 0 Å². The van der Waals surface area contributed by atoms with E-state index in [0.717, 1.165) is 18.5 Å². The van der Waals surface area contributed by atoms with Gasteiger partial charge in [-0.3, -0.25) is 14.6 Å². The highest BCUT2D eigenvalue weighted by Crippen LogP contribution is 2.03. The second kappa shape index (κ2) is 3.47. The molecule has 3 N–H and O–H groups in total. The minimum Gasteiger partial charge on any atom is -0.393 e. The van der Waals surface area contributed by atoms with E-state index in [0.29, 0.717) is 12.2 Å². The second-order valence-corrected chi connectivity index (χ2v) is 2.81. The lowest BCUT2D eigenvalue weighted by Gasteiger charge is -1.95. The van der Waals surface area contributed by atoms with Crippen molar-refractivity contribution in [2.24, 2.45) is 0 Å². The molecule has 0 saturated carbocycles. The number of nitrogens with two attached hydrogens (primary N) is 1. The summed E-state index contributed by atoms with van der Waals surface area (Å²) >= 11 is 0. The summed E-state index contributed by atoms with van der Waals surface area (Å²) in [6.07, 6.45) is 1.71. The zero-order valence-corrected chi connectivity index (χ0v) is 7.55. The molecule has 1 rings (SSSR count). The third kappa shape index (κ3) is 1.37. The maximum absolute atomic E-state index is 11.3. The van der Waals surface area contributed by atoms with Crippen LogP contribution in [0.25, 0.3) is 0 Å². The number of aromatic amines is 1. The van der Waals surface area contributed by atoms with Gasteiger partial charge in [0.2, 0.25) is 0 Å². The summed E-state index contributed by atoms with van der Waals surface area (Å²) in [6, 6.07) is 0. The summed E-state index contributed by atoms with van der Waals surface area (Å²) in [5, 5.41) is 2.98. The molecule has 0 aliphatic carbocycles. The Bertz CT molecular complexity index is 311. The second-order valence-electron chi connectivity index (χ2n) is 2.81. The van der Waals surface area contributed by atoms with Gasteiger partial charge in [-0.2, -0.15) is 0 Å². The van der Waals surface area contributed by atoms with Gasteiger partial charge in [-0.05, 0) is 12.8 Å². The van der Waals surface area contributed by atoms with Crippen LogP contribution < -0.4 is 11.3 Å². The molecule has 0 fully saturated rings. The summed E-state index contributed by atoms with van der Waals surface area (Å²) in [7, 11) is 0. The van der Waals surface area contributed by atoms with Crippen LogP contribution in [0.4, 0.5) is 5.69 Å². The van der Waals surface area contributed by atoms with E-state index in [1.807, 2.05) is 13.8 Å². The van der Waals surface area contributed by atoms with E-state index >= 15 is 0 Å². The highest BCUT2D eigenvalue weighted by atomic mass is 16.1. The topological polar surface area (TPSA) is 63.8 Å². The molecule has 4 heteroatoms. The summed E-state index contributed by atoms with van der Waals surface area (Å²) in [5.41, 5.74) is 6.70. The minimum atomic E-state index is -0.0892. The van der Waals surface area contributed by atoms with E-state index in [2.05, 4.69) is 5.10 Å². The van der Waals surface area contributed by atoms with E-state index in [-0.39, 0.29) is 5.56 Å². The lowest BCUT2D eigenvalue weighted by molar-refractivity contribution is 0.579. The predicted molar refractivity (Wildman–Crippen MR) is 49.1 cm³/mol. The van der Waals surface area contributed by atoms with Gasteiger partial charge in [0.1, 0.15) is 5.69 Å². The highest BCUT2D eigenvalue weighted by molar-refractivity contribution is 5.40. The average Bonchev–Trinajstić information content (AvgIpc) is 2.33. The summed E-state index contributed by atoms with van der Waals surface area (Å²) in [5.74, 6) is 0. The summed E-state index contributed by atoms with van der Waals surface area (Å²) in [4.78, 5) is 11.3. The molecule has 0 aliphatic rings. The number of nitrogen functional groups attached to an aromatic ring is 1. The molecule has 0 amide bonds. The summed E-state index contributed by atoms with van der Waals surface area (Å²) < 4.78 is 1.56. The van der Waals surface area contributed by atoms with Crippen molar-refractivity contribution in [1.82, 2.24) is 9.78 Å². The van der Waals surface area contributed by atoms with Crippen molar-refractivity contribution >= 4 is 5.69 Å². The van der Waals surface area contributed by atoms with E-state index in [1.54, 1.807) is 4.68 Å². The first-order chi connectivity index (χ1) is 5.70. The zero-order valence-electron chi connectivity index (χ0n) is 7.55. The number of nitrogens with zero attached hydrogens (tertiary/aromatic N) is 1. The number of nitrogens with one attached hydrogen (secondary N) is 1. The number of hydrogen-bond acceptors (Lipinski definition) is 2. The smallest absolute Gasteiger partial charge is 0.289 e. The molecule has 12 heavy (non-hydrogen) atoms. The number of H-pyrrole nitrogens is 1. The van der Waals surface area contributed by atoms with Crippen molar-refractivity contribution in [2.75, 3.05) is 5.73 Å². The Balaban J connectivity index is 3.07. The van der Waals surface area contributed by atoms with Gasteiger partial charge in [0, 0.05) is 6.54 Å². The predicted octanol–water partition coefficient (Wildman–Crippen LogP) is 0.731. The van der Waals surface area contributed by atoms with Crippen LogP contribution in [0.3, 0.4) is 0 Å². The Hall–Kier alpha value is -1.19. The van der Waals surface area contributed by atoms with Gasteiger partial charge in [-0.15, -0.1) is 0 Å². The molecule has 0 spiro atoms. The first-order valence-electron chi connectivity index (χ1n) is 4.27. The van der Waals surface area contributed by atoms with Crippen LogP contribution in [-0.2, 0) is 13.0 Å². The number of aryl methyl sites for hydroxylation is 2. The van der Waals surface area contributed by atoms with Gasteiger partial charge < -0.3 is 5.73 Å². The molecular formula is C8H15N3O. The van der Waals surface area contributed by atoms with E-state index in [9.17, 15) is 4.79 Å². The van der Waals surface area contributed by atoms with Crippen molar-refractivity contribution in [1.29, 1.82) is 0 Å². The van der Waals surface area contributed by atoms with Gasteiger partial charge >= 0.3 is 0 Å². The molecule has 1 heterocycles. The van der Waals surface area contributed by atoms with Crippen LogP contribution in [0.1, 0.15) is 26.0 Å². The molecule has 1 aromatic rings.